The lowest BCUT2D eigenvalue weighted by Gasteiger charge is -2.19. The van der Waals surface area contributed by atoms with Gasteiger partial charge in [-0.1, -0.05) is 24.3 Å². The lowest BCUT2D eigenvalue weighted by Crippen LogP contribution is -2.33. The molecule has 2 saturated heterocycles. The minimum Gasteiger partial charge on any atom is -0.492 e. The Bertz CT molecular complexity index is 1160. The molecular formula is C33H48F4N4O4. The summed E-state index contributed by atoms with van der Waals surface area (Å²) >= 11 is 0. The monoisotopic (exact) mass is 640 g/mol. The summed E-state index contributed by atoms with van der Waals surface area (Å²) in [4.78, 5) is 15.0. The van der Waals surface area contributed by atoms with Crippen LogP contribution in [0.25, 0.3) is 0 Å². The van der Waals surface area contributed by atoms with Crippen molar-refractivity contribution in [1.82, 2.24) is 15.1 Å². The maximum absolute atomic E-state index is 13.1. The number of likely N-dealkylation sites (tertiary alicyclic amines) is 2. The van der Waals surface area contributed by atoms with Crippen molar-refractivity contribution in [1.29, 1.82) is 0 Å². The second-order valence-electron chi connectivity index (χ2n) is 12.5. The summed E-state index contributed by atoms with van der Waals surface area (Å²) in [6.07, 6.45) is 0.996. The van der Waals surface area contributed by atoms with E-state index in [0.29, 0.717) is 64.7 Å². The molecule has 0 atom stereocenters. The zero-order chi connectivity index (χ0) is 32.9. The van der Waals surface area contributed by atoms with Gasteiger partial charge in [0.1, 0.15) is 30.3 Å². The fraction of sp³-hybridized carbons (Fsp3) is 0.606. The summed E-state index contributed by atoms with van der Waals surface area (Å²) in [5, 5.41) is 2.72. The molecule has 0 radical (unpaired) electrons. The van der Waals surface area contributed by atoms with Crippen molar-refractivity contribution in [3.63, 3.8) is 0 Å². The van der Waals surface area contributed by atoms with Crippen LogP contribution >= 0.6 is 0 Å². The number of hydrogen-bond donors (Lipinski definition) is 2. The maximum atomic E-state index is 13.1. The minimum atomic E-state index is -2.56. The van der Waals surface area contributed by atoms with E-state index in [4.69, 9.17) is 19.9 Å². The Labute approximate surface area is 264 Å². The third-order valence-electron chi connectivity index (χ3n) is 7.21. The molecule has 2 aromatic rings. The zero-order valence-electron chi connectivity index (χ0n) is 26.6. The van der Waals surface area contributed by atoms with E-state index in [2.05, 4.69) is 5.32 Å². The van der Waals surface area contributed by atoms with Crippen LogP contribution in [0.5, 0.6) is 11.5 Å². The summed E-state index contributed by atoms with van der Waals surface area (Å²) in [6.45, 7) is 8.97. The lowest BCUT2D eigenvalue weighted by atomic mass is 10.1. The summed E-state index contributed by atoms with van der Waals surface area (Å²) in [5.41, 5.74) is 7.20. The highest BCUT2D eigenvalue weighted by Gasteiger charge is 2.38. The molecule has 2 aromatic carbocycles. The number of nitrogens with zero attached hydrogens (tertiary/aromatic N) is 2. The van der Waals surface area contributed by atoms with Crippen molar-refractivity contribution < 1.29 is 36.6 Å². The molecule has 45 heavy (non-hydrogen) atoms. The van der Waals surface area contributed by atoms with Crippen LogP contribution in [-0.4, -0.2) is 98.9 Å². The number of benzene rings is 2. The topological polar surface area (TPSA) is 89.3 Å². The van der Waals surface area contributed by atoms with Gasteiger partial charge in [0.2, 0.25) is 0 Å². The number of carbonyl (C=O) groups is 1. The van der Waals surface area contributed by atoms with Gasteiger partial charge in [-0.05, 0) is 75.5 Å². The van der Waals surface area contributed by atoms with Crippen molar-refractivity contribution in [2.24, 2.45) is 5.73 Å². The number of alkyl carbamates (subject to hydrolysis) is 1. The van der Waals surface area contributed by atoms with Crippen molar-refractivity contribution in [2.45, 2.75) is 63.9 Å². The van der Waals surface area contributed by atoms with Gasteiger partial charge in [0, 0.05) is 45.6 Å². The van der Waals surface area contributed by atoms with E-state index in [-0.39, 0.29) is 25.9 Å². The van der Waals surface area contributed by atoms with Gasteiger partial charge in [0.25, 0.3) is 11.8 Å². The second-order valence-corrected chi connectivity index (χ2v) is 12.5. The predicted octanol–water partition coefficient (Wildman–Crippen LogP) is 5.38. The number of rotatable bonds is 13. The van der Waals surface area contributed by atoms with Crippen LogP contribution in [0.15, 0.2) is 48.5 Å². The number of halogens is 4. The smallest absolute Gasteiger partial charge is 0.407 e. The molecule has 0 aliphatic carbocycles. The number of nitrogens with two attached hydrogens (primary N) is 1. The SMILES string of the molecule is CC(C)(C)OC(=O)NCCc1ccc(OCCN2CCC(F)(F)C2)cc1.NCCc1ccc(OCCN2CCC(F)(F)C2)cc1. The van der Waals surface area contributed by atoms with Gasteiger partial charge in [0.15, 0.2) is 0 Å². The molecule has 4 rings (SSSR count). The number of carbonyl (C=O) groups excluding carboxylic acids is 1. The van der Waals surface area contributed by atoms with Crippen LogP contribution < -0.4 is 20.5 Å². The van der Waals surface area contributed by atoms with Crippen molar-refractivity contribution in [3.05, 3.63) is 59.7 Å². The lowest BCUT2D eigenvalue weighted by molar-refractivity contribution is 0.0106. The summed E-state index contributed by atoms with van der Waals surface area (Å²) in [7, 11) is 0. The van der Waals surface area contributed by atoms with E-state index < -0.39 is 23.5 Å². The summed E-state index contributed by atoms with van der Waals surface area (Å²) < 4.78 is 68.5. The average Bonchev–Trinajstić information content (AvgIpc) is 3.49. The second kappa shape index (κ2) is 17.0. The van der Waals surface area contributed by atoms with Crippen molar-refractivity contribution >= 4 is 6.09 Å². The van der Waals surface area contributed by atoms with Crippen LogP contribution in [0, 0.1) is 0 Å². The van der Waals surface area contributed by atoms with Crippen LogP contribution in [0.1, 0.15) is 44.7 Å². The van der Waals surface area contributed by atoms with Gasteiger partial charge < -0.3 is 25.3 Å². The molecule has 2 fully saturated rings. The number of ether oxygens (including phenoxy) is 3. The molecule has 3 N–H and O–H groups in total. The van der Waals surface area contributed by atoms with Gasteiger partial charge in [0.05, 0.1) is 13.1 Å². The van der Waals surface area contributed by atoms with E-state index >= 15 is 0 Å². The van der Waals surface area contributed by atoms with Crippen LogP contribution in [0.2, 0.25) is 0 Å². The Morgan fingerprint density at radius 1 is 0.800 bits per heavy atom. The molecular weight excluding hydrogens is 592 g/mol. The van der Waals surface area contributed by atoms with Crippen LogP contribution in [-0.2, 0) is 17.6 Å². The number of amides is 1. The first-order valence-corrected chi connectivity index (χ1v) is 15.5. The Morgan fingerprint density at radius 3 is 1.62 bits per heavy atom. The first-order valence-electron chi connectivity index (χ1n) is 15.5. The minimum absolute atomic E-state index is 0.0409. The van der Waals surface area contributed by atoms with Crippen LogP contribution in [0.3, 0.4) is 0 Å². The van der Waals surface area contributed by atoms with Gasteiger partial charge in [-0.3, -0.25) is 9.80 Å². The van der Waals surface area contributed by atoms with E-state index in [1.54, 1.807) is 9.80 Å². The Balaban J connectivity index is 0.000000257. The molecule has 1 amide bonds. The van der Waals surface area contributed by atoms with Gasteiger partial charge >= 0.3 is 6.09 Å². The Morgan fingerprint density at radius 2 is 1.24 bits per heavy atom. The average molecular weight is 641 g/mol. The first-order chi connectivity index (χ1) is 21.2. The molecule has 2 aliphatic heterocycles. The molecule has 2 heterocycles. The summed E-state index contributed by atoms with van der Waals surface area (Å²) in [5.74, 6) is -3.61. The quantitative estimate of drug-likeness (QED) is 0.284. The Kier molecular flexibility index (Phi) is 13.7. The zero-order valence-corrected chi connectivity index (χ0v) is 26.6. The van der Waals surface area contributed by atoms with Gasteiger partial charge in [-0.25, -0.2) is 22.4 Å². The summed E-state index contributed by atoms with van der Waals surface area (Å²) in [6, 6.07) is 15.3. The fourth-order valence-electron chi connectivity index (χ4n) is 4.88. The maximum Gasteiger partial charge on any atom is 0.407 e. The number of hydrogen-bond acceptors (Lipinski definition) is 7. The molecule has 12 heteroatoms. The fourth-order valence-corrected chi connectivity index (χ4v) is 4.88. The number of alkyl halides is 4. The van der Waals surface area contributed by atoms with Gasteiger partial charge in [-0.15, -0.1) is 0 Å². The molecule has 0 spiro atoms. The molecule has 0 saturated carbocycles. The Hall–Kier alpha value is -3.09. The van der Waals surface area contributed by atoms with Crippen molar-refractivity contribution in [2.75, 3.05) is 65.6 Å². The van der Waals surface area contributed by atoms with E-state index in [1.807, 2.05) is 69.3 Å². The third kappa shape index (κ3) is 14.7. The highest BCUT2D eigenvalue weighted by atomic mass is 19.3. The molecule has 0 unspecified atom stereocenters. The highest BCUT2D eigenvalue weighted by molar-refractivity contribution is 5.67. The number of nitrogens with one attached hydrogen (secondary N) is 1. The molecule has 252 valence electrons. The van der Waals surface area contributed by atoms with E-state index in [1.165, 1.54) is 5.56 Å². The highest BCUT2D eigenvalue weighted by Crippen LogP contribution is 2.27. The molecule has 0 aromatic heterocycles. The van der Waals surface area contributed by atoms with Crippen molar-refractivity contribution in [3.8, 4) is 11.5 Å². The van der Waals surface area contributed by atoms with E-state index in [9.17, 15) is 22.4 Å². The third-order valence-corrected chi connectivity index (χ3v) is 7.21. The standard InChI is InChI=1S/C19H28F2N2O3.C14H20F2N2O/c1-18(2,3)26-17(24)22-10-8-15-4-6-16(7-5-15)25-13-12-23-11-9-19(20,21)14-23;15-14(16)6-8-18(11-14)9-10-19-13-3-1-12(2-4-13)5-7-17/h4-7H,8-14H2,1-3H3,(H,22,24);1-4H,5-11,17H2. The molecule has 0 bridgehead atoms. The largest absolute Gasteiger partial charge is 0.492 e. The normalized spacial score (nSPS) is 17.8. The molecule has 8 nitrogen and oxygen atoms in total. The van der Waals surface area contributed by atoms with Crippen LogP contribution in [0.4, 0.5) is 22.4 Å². The predicted molar refractivity (Wildman–Crippen MR) is 167 cm³/mol. The molecule has 2 aliphatic rings. The van der Waals surface area contributed by atoms with E-state index in [0.717, 1.165) is 17.7 Å². The first kappa shape index (κ1) is 36.4. The van der Waals surface area contributed by atoms with Gasteiger partial charge in [-0.2, -0.15) is 0 Å².